The van der Waals surface area contributed by atoms with Crippen molar-refractivity contribution in [2.75, 3.05) is 25.6 Å². The van der Waals surface area contributed by atoms with E-state index in [4.69, 9.17) is 27.9 Å². The zero-order valence-corrected chi connectivity index (χ0v) is 21.4. The first-order valence-electron chi connectivity index (χ1n) is 10.5. The lowest BCUT2D eigenvalue weighted by Crippen LogP contribution is -2.34. The molecule has 0 saturated heterocycles. The van der Waals surface area contributed by atoms with Crippen LogP contribution in [0.2, 0.25) is 10.0 Å². The predicted molar refractivity (Wildman–Crippen MR) is 132 cm³/mol. The number of rotatable bonds is 8. The highest BCUT2D eigenvalue weighted by molar-refractivity contribution is 6.42. The van der Waals surface area contributed by atoms with Gasteiger partial charge in [0.2, 0.25) is 11.7 Å². The normalized spacial score (nSPS) is 11.0. The van der Waals surface area contributed by atoms with Gasteiger partial charge in [-0.3, -0.25) is 14.4 Å². The molecule has 0 atom stereocenters. The van der Waals surface area contributed by atoms with Crippen molar-refractivity contribution < 1.29 is 23.9 Å². The highest BCUT2D eigenvalue weighted by atomic mass is 35.5. The van der Waals surface area contributed by atoms with Crippen molar-refractivity contribution in [3.8, 4) is 0 Å². The summed E-state index contributed by atoms with van der Waals surface area (Å²) in [6, 6.07) is 11.3. The Morgan fingerprint density at radius 2 is 1.53 bits per heavy atom. The number of anilines is 1. The van der Waals surface area contributed by atoms with Crippen LogP contribution in [-0.4, -0.2) is 49.2 Å². The van der Waals surface area contributed by atoms with Gasteiger partial charge in [0, 0.05) is 25.3 Å². The molecule has 2 amide bonds. The Labute approximate surface area is 209 Å². The van der Waals surface area contributed by atoms with Crippen molar-refractivity contribution in [2.24, 2.45) is 5.41 Å². The van der Waals surface area contributed by atoms with E-state index < -0.39 is 24.1 Å². The van der Waals surface area contributed by atoms with Crippen molar-refractivity contribution >= 4 is 52.5 Å². The molecule has 0 heterocycles. The van der Waals surface area contributed by atoms with Gasteiger partial charge in [-0.2, -0.15) is 0 Å². The molecule has 34 heavy (non-hydrogen) atoms. The molecule has 9 heteroatoms. The van der Waals surface area contributed by atoms with Gasteiger partial charge in [-0.15, -0.1) is 0 Å². The number of hydrogen-bond acceptors (Lipinski definition) is 5. The van der Waals surface area contributed by atoms with E-state index in [9.17, 15) is 19.2 Å². The molecule has 0 fully saturated rings. The van der Waals surface area contributed by atoms with Crippen LogP contribution in [0.25, 0.3) is 0 Å². The second kappa shape index (κ2) is 11.5. The van der Waals surface area contributed by atoms with Gasteiger partial charge in [0.1, 0.15) is 0 Å². The summed E-state index contributed by atoms with van der Waals surface area (Å²) in [4.78, 5) is 52.5. The number of benzene rings is 2. The van der Waals surface area contributed by atoms with E-state index >= 15 is 0 Å². The van der Waals surface area contributed by atoms with Crippen molar-refractivity contribution in [3.05, 3.63) is 63.6 Å². The largest absolute Gasteiger partial charge is 0.459 e. The van der Waals surface area contributed by atoms with Gasteiger partial charge in [-0.1, -0.05) is 50.0 Å². The molecule has 0 radical (unpaired) electrons. The zero-order valence-electron chi connectivity index (χ0n) is 19.9. The van der Waals surface area contributed by atoms with E-state index in [2.05, 4.69) is 0 Å². The fourth-order valence-corrected chi connectivity index (χ4v) is 3.17. The smallest absolute Gasteiger partial charge is 0.375 e. The summed E-state index contributed by atoms with van der Waals surface area (Å²) >= 11 is 12.1. The van der Waals surface area contributed by atoms with E-state index in [1.807, 2.05) is 20.8 Å². The Kier molecular flexibility index (Phi) is 9.24. The third-order valence-corrected chi connectivity index (χ3v) is 5.37. The summed E-state index contributed by atoms with van der Waals surface area (Å²) in [5.74, 6) is -2.78. The van der Waals surface area contributed by atoms with Crippen LogP contribution in [0.5, 0.6) is 0 Å². The van der Waals surface area contributed by atoms with Gasteiger partial charge in [0.15, 0.2) is 0 Å². The molecular weight excluding hydrogens is 479 g/mol. The quantitative estimate of drug-likeness (QED) is 0.292. The minimum atomic E-state index is -1.05. The molecule has 2 aromatic carbocycles. The van der Waals surface area contributed by atoms with E-state index in [1.54, 1.807) is 56.6 Å². The second-order valence-corrected chi connectivity index (χ2v) is 10.0. The maximum Gasteiger partial charge on any atom is 0.375 e. The lowest BCUT2D eigenvalue weighted by molar-refractivity contribution is -0.156. The Hall–Kier alpha value is -2.90. The summed E-state index contributed by atoms with van der Waals surface area (Å²) in [5, 5.41) is 0.687. The van der Waals surface area contributed by atoms with Crippen LogP contribution >= 0.6 is 23.2 Å². The monoisotopic (exact) mass is 506 g/mol. The molecule has 2 rings (SSSR count). The molecule has 0 bridgehead atoms. The maximum absolute atomic E-state index is 13.1. The lowest BCUT2D eigenvalue weighted by atomic mass is 9.99. The molecule has 0 saturated carbocycles. The van der Waals surface area contributed by atoms with E-state index in [0.29, 0.717) is 26.9 Å². The summed E-state index contributed by atoms with van der Waals surface area (Å²) in [7, 11) is 3.28. The Balaban J connectivity index is 2.28. The number of halogens is 2. The number of carbonyl (C=O) groups is 4. The second-order valence-electron chi connectivity index (χ2n) is 9.21. The van der Waals surface area contributed by atoms with Crippen LogP contribution in [0, 0.1) is 5.41 Å². The van der Waals surface area contributed by atoms with Crippen LogP contribution in [0.1, 0.15) is 43.1 Å². The summed E-state index contributed by atoms with van der Waals surface area (Å²) in [6.45, 7) is 5.71. The van der Waals surface area contributed by atoms with Crippen LogP contribution < -0.4 is 4.90 Å². The SMILES string of the molecule is CN(C)C(=O)c1ccc(N(Cc2ccc(Cl)c(Cl)c2)C(=O)CC(=O)C(=O)OCC(C)(C)C)cc1. The molecule has 0 aliphatic heterocycles. The number of carbonyl (C=O) groups excluding carboxylic acids is 4. The minimum Gasteiger partial charge on any atom is -0.459 e. The molecule has 0 aliphatic carbocycles. The first-order valence-corrected chi connectivity index (χ1v) is 11.3. The van der Waals surface area contributed by atoms with E-state index in [0.717, 1.165) is 0 Å². The number of amides is 2. The van der Waals surface area contributed by atoms with Crippen molar-refractivity contribution in [1.29, 1.82) is 0 Å². The maximum atomic E-state index is 13.1. The van der Waals surface area contributed by atoms with Crippen LogP contribution in [0.15, 0.2) is 42.5 Å². The van der Waals surface area contributed by atoms with Crippen molar-refractivity contribution in [3.63, 3.8) is 0 Å². The molecule has 182 valence electrons. The van der Waals surface area contributed by atoms with Crippen LogP contribution in [-0.2, 0) is 25.7 Å². The molecule has 2 aromatic rings. The zero-order chi connectivity index (χ0) is 25.6. The first-order chi connectivity index (χ1) is 15.8. The van der Waals surface area contributed by atoms with Crippen LogP contribution in [0.4, 0.5) is 5.69 Å². The Morgan fingerprint density at radius 1 is 0.912 bits per heavy atom. The van der Waals surface area contributed by atoms with Gasteiger partial charge in [-0.25, -0.2) is 4.79 Å². The predicted octanol–water partition coefficient (Wildman–Crippen LogP) is 4.78. The lowest BCUT2D eigenvalue weighted by Gasteiger charge is -2.24. The average Bonchev–Trinajstić information content (AvgIpc) is 2.77. The molecule has 0 N–H and O–H groups in total. The van der Waals surface area contributed by atoms with Gasteiger partial charge in [0.25, 0.3) is 5.91 Å². The molecule has 0 aliphatic rings. The number of hydrogen-bond donors (Lipinski definition) is 0. The van der Waals surface area contributed by atoms with Gasteiger partial charge in [0.05, 0.1) is 29.6 Å². The third kappa shape index (κ3) is 7.85. The topological polar surface area (TPSA) is 84.0 Å². The summed E-state index contributed by atoms with van der Waals surface area (Å²) < 4.78 is 5.03. The standard InChI is InChI=1S/C25H28Cl2N2O5/c1-25(2,3)15-34-24(33)21(30)13-22(31)29(14-16-6-11-19(26)20(27)12-16)18-9-7-17(8-10-18)23(32)28(4)5/h6-12H,13-15H2,1-5H3. The molecule has 0 spiro atoms. The number of Topliss-reactive ketones (excluding diaryl/α,β-unsaturated/α-hetero) is 1. The highest BCUT2D eigenvalue weighted by Gasteiger charge is 2.26. The molecular formula is C25H28Cl2N2O5. The Morgan fingerprint density at radius 3 is 2.06 bits per heavy atom. The number of ketones is 1. The number of esters is 1. The van der Waals surface area contributed by atoms with Crippen LogP contribution in [0.3, 0.4) is 0 Å². The van der Waals surface area contributed by atoms with Gasteiger partial charge < -0.3 is 14.5 Å². The van der Waals surface area contributed by atoms with E-state index in [1.165, 1.54) is 9.80 Å². The number of ether oxygens (including phenoxy) is 1. The van der Waals surface area contributed by atoms with Gasteiger partial charge in [-0.05, 0) is 47.4 Å². The third-order valence-electron chi connectivity index (χ3n) is 4.63. The fourth-order valence-electron chi connectivity index (χ4n) is 2.85. The first kappa shape index (κ1) is 27.3. The molecule has 0 unspecified atom stereocenters. The minimum absolute atomic E-state index is 0.0557. The van der Waals surface area contributed by atoms with Crippen molar-refractivity contribution in [2.45, 2.75) is 33.7 Å². The fraction of sp³-hybridized carbons (Fsp3) is 0.360. The Bertz CT molecular complexity index is 1080. The average molecular weight is 507 g/mol. The van der Waals surface area contributed by atoms with E-state index in [-0.39, 0.29) is 24.5 Å². The summed E-state index contributed by atoms with van der Waals surface area (Å²) in [5.41, 5.74) is 1.24. The number of nitrogens with zero attached hydrogens (tertiary/aromatic N) is 2. The summed E-state index contributed by atoms with van der Waals surface area (Å²) in [6.07, 6.45) is -0.664. The highest BCUT2D eigenvalue weighted by Crippen LogP contribution is 2.26. The van der Waals surface area contributed by atoms with Crippen molar-refractivity contribution in [1.82, 2.24) is 4.90 Å². The molecule has 0 aromatic heterocycles. The molecule has 7 nitrogen and oxygen atoms in total. The van der Waals surface area contributed by atoms with Gasteiger partial charge >= 0.3 is 5.97 Å².